The highest BCUT2D eigenvalue weighted by atomic mass is 16.7. The van der Waals surface area contributed by atoms with Crippen LogP contribution in [0, 0.1) is 0 Å². The van der Waals surface area contributed by atoms with Crippen LogP contribution in [0.3, 0.4) is 0 Å². The molecule has 7 unspecified atom stereocenters. The van der Waals surface area contributed by atoms with E-state index >= 15 is 0 Å². The first kappa shape index (κ1) is 85.1. The average Bonchev–Trinajstić information content (AvgIpc) is 1.31. The maximum atomic E-state index is 13.1. The molecule has 1 heterocycles. The number of hydrogen-bond donors (Lipinski definition) is 6. The smallest absolute Gasteiger partial charge is 0.305 e. The Hall–Kier alpha value is -2.90. The lowest BCUT2D eigenvalue weighted by Crippen LogP contribution is -2.60. The molecule has 7 atom stereocenters. The van der Waals surface area contributed by atoms with E-state index in [1.807, 2.05) is 6.08 Å². The lowest BCUT2D eigenvalue weighted by molar-refractivity contribution is -0.302. The summed E-state index contributed by atoms with van der Waals surface area (Å²) in [6.45, 7) is 4.31. The fourth-order valence-electron chi connectivity index (χ4n) is 11.7. The van der Waals surface area contributed by atoms with Crippen molar-refractivity contribution in [1.82, 2.24) is 5.32 Å². The second-order valence-electron chi connectivity index (χ2n) is 26.3. The minimum atomic E-state index is -1.58. The first-order chi connectivity index (χ1) is 44.2. The predicted octanol–water partition coefficient (Wildman–Crippen LogP) is 20.2. The van der Waals surface area contributed by atoms with Gasteiger partial charge < -0.3 is 45.1 Å². The number of nitrogens with one attached hydrogen (secondary N) is 1. The number of amides is 1. The molecule has 0 radical (unpaired) electrons. The third kappa shape index (κ3) is 55.5. The Morgan fingerprint density at radius 1 is 0.411 bits per heavy atom. The normalized spacial score (nSPS) is 18.1. The maximum Gasteiger partial charge on any atom is 0.305 e. The molecular formula is C79H143NO10. The van der Waals surface area contributed by atoms with Crippen molar-refractivity contribution >= 4 is 11.9 Å². The van der Waals surface area contributed by atoms with Gasteiger partial charge in [0.15, 0.2) is 6.29 Å². The van der Waals surface area contributed by atoms with Crippen LogP contribution >= 0.6 is 0 Å². The highest BCUT2D eigenvalue weighted by Gasteiger charge is 2.44. The van der Waals surface area contributed by atoms with Crippen LogP contribution in [0.4, 0.5) is 0 Å². The maximum absolute atomic E-state index is 13.1. The van der Waals surface area contributed by atoms with Crippen LogP contribution in [0.5, 0.6) is 0 Å². The molecule has 0 saturated carbocycles. The molecule has 524 valence electrons. The summed E-state index contributed by atoms with van der Waals surface area (Å²) in [6.07, 6.45) is 82.0. The van der Waals surface area contributed by atoms with Gasteiger partial charge in [-0.3, -0.25) is 9.59 Å². The Morgan fingerprint density at radius 2 is 0.756 bits per heavy atom. The Morgan fingerprint density at radius 3 is 1.19 bits per heavy atom. The van der Waals surface area contributed by atoms with Crippen LogP contribution in [-0.4, -0.2) is 100 Å². The van der Waals surface area contributed by atoms with E-state index in [4.69, 9.17) is 14.2 Å². The first-order valence-corrected chi connectivity index (χ1v) is 38.2. The van der Waals surface area contributed by atoms with Crippen molar-refractivity contribution in [3.05, 3.63) is 72.9 Å². The molecule has 1 saturated heterocycles. The number of hydrogen-bond acceptors (Lipinski definition) is 10. The van der Waals surface area contributed by atoms with Crippen molar-refractivity contribution in [2.45, 2.75) is 397 Å². The summed E-state index contributed by atoms with van der Waals surface area (Å²) < 4.78 is 16.7. The minimum Gasteiger partial charge on any atom is -0.466 e. The molecule has 1 amide bonds. The number of carbonyl (C=O) groups is 2. The monoisotopic (exact) mass is 1270 g/mol. The van der Waals surface area contributed by atoms with E-state index in [0.29, 0.717) is 19.4 Å². The minimum absolute atomic E-state index is 0.000598. The van der Waals surface area contributed by atoms with Crippen LogP contribution in [0.1, 0.15) is 354 Å². The fourth-order valence-corrected chi connectivity index (χ4v) is 11.7. The Balaban J connectivity index is 1.97. The van der Waals surface area contributed by atoms with E-state index in [0.717, 1.165) is 77.0 Å². The van der Waals surface area contributed by atoms with Crippen molar-refractivity contribution in [2.24, 2.45) is 0 Å². The van der Waals surface area contributed by atoms with Crippen molar-refractivity contribution in [2.75, 3.05) is 19.8 Å². The number of aliphatic hydroxyl groups excluding tert-OH is 5. The summed E-state index contributed by atoms with van der Waals surface area (Å²) in [5.41, 5.74) is 0. The number of allylic oxidation sites excluding steroid dienone is 11. The Bertz CT molecular complexity index is 1730. The molecule has 0 bridgehead atoms. The molecular weight excluding hydrogens is 1120 g/mol. The van der Waals surface area contributed by atoms with Crippen LogP contribution < -0.4 is 5.32 Å². The van der Waals surface area contributed by atoms with Crippen LogP contribution in [-0.2, 0) is 23.8 Å². The average molecular weight is 1270 g/mol. The van der Waals surface area contributed by atoms with E-state index in [1.165, 1.54) is 250 Å². The van der Waals surface area contributed by atoms with E-state index in [2.05, 4.69) is 79.9 Å². The largest absolute Gasteiger partial charge is 0.466 e. The molecule has 1 aliphatic rings. The zero-order valence-electron chi connectivity index (χ0n) is 58.3. The highest BCUT2D eigenvalue weighted by molar-refractivity contribution is 5.76. The molecule has 0 aromatic carbocycles. The van der Waals surface area contributed by atoms with Gasteiger partial charge in [0.05, 0.1) is 32.0 Å². The second-order valence-corrected chi connectivity index (χ2v) is 26.3. The third-order valence-electron chi connectivity index (χ3n) is 17.7. The molecule has 0 aliphatic carbocycles. The standard InChI is InChI=1S/C79H143NO10/c1-3-5-7-9-11-13-15-17-39-42-45-49-53-57-61-65-72(82)71(70-89-79-78(87)77(86)76(85)73(69-81)90-79)80-74(83)66-62-58-54-50-46-43-40-37-35-33-31-29-27-25-23-21-19-18-20-22-24-26-28-30-32-34-36-38-41-44-48-52-56-60-64-68-88-75(84)67-63-59-55-51-47-16-14-12-10-8-6-4-2/h12,14-15,17,20,22,26,28,45,49,61,65,71-73,76-79,81-82,85-87H,3-11,13,16,18-19,21,23-25,27,29-44,46-48,50-60,62-64,66-70H2,1-2H3,(H,80,83)/b14-12-,17-15+,22-20-,28-26-,49-45+,65-61+. The third-order valence-corrected chi connectivity index (χ3v) is 17.7. The lowest BCUT2D eigenvalue weighted by atomic mass is 9.99. The number of aliphatic hydroxyl groups is 5. The van der Waals surface area contributed by atoms with Gasteiger partial charge in [-0.2, -0.15) is 0 Å². The van der Waals surface area contributed by atoms with Gasteiger partial charge >= 0.3 is 5.97 Å². The van der Waals surface area contributed by atoms with Gasteiger partial charge in [0, 0.05) is 12.8 Å². The predicted molar refractivity (Wildman–Crippen MR) is 380 cm³/mol. The molecule has 0 spiro atoms. The lowest BCUT2D eigenvalue weighted by Gasteiger charge is -2.40. The van der Waals surface area contributed by atoms with Crippen LogP contribution in [0.25, 0.3) is 0 Å². The summed E-state index contributed by atoms with van der Waals surface area (Å²) in [4.78, 5) is 25.1. The summed E-state index contributed by atoms with van der Waals surface area (Å²) in [5, 5.41) is 54.6. The van der Waals surface area contributed by atoms with E-state index < -0.39 is 49.5 Å². The van der Waals surface area contributed by atoms with Crippen molar-refractivity contribution < 1.29 is 49.3 Å². The summed E-state index contributed by atoms with van der Waals surface area (Å²) >= 11 is 0. The van der Waals surface area contributed by atoms with Gasteiger partial charge in [0.25, 0.3) is 0 Å². The molecule has 0 aromatic rings. The van der Waals surface area contributed by atoms with Crippen molar-refractivity contribution in [3.63, 3.8) is 0 Å². The molecule has 6 N–H and O–H groups in total. The molecule has 11 nitrogen and oxygen atoms in total. The van der Waals surface area contributed by atoms with Crippen LogP contribution in [0.15, 0.2) is 72.9 Å². The first-order valence-electron chi connectivity index (χ1n) is 38.2. The quantitative estimate of drug-likeness (QED) is 0.0195. The summed E-state index contributed by atoms with van der Waals surface area (Å²) in [7, 11) is 0. The number of rotatable bonds is 67. The van der Waals surface area contributed by atoms with Gasteiger partial charge in [0.2, 0.25) is 5.91 Å². The Labute approximate surface area is 553 Å². The van der Waals surface area contributed by atoms with Gasteiger partial charge in [-0.15, -0.1) is 0 Å². The summed E-state index contributed by atoms with van der Waals surface area (Å²) in [5.74, 6) is -0.194. The van der Waals surface area contributed by atoms with E-state index in [9.17, 15) is 35.1 Å². The van der Waals surface area contributed by atoms with Crippen molar-refractivity contribution in [1.29, 1.82) is 0 Å². The van der Waals surface area contributed by atoms with Crippen molar-refractivity contribution in [3.8, 4) is 0 Å². The molecule has 1 fully saturated rings. The number of unbranched alkanes of at least 4 members (excludes halogenated alkanes) is 43. The topological polar surface area (TPSA) is 175 Å². The number of ether oxygens (including phenoxy) is 3. The van der Waals surface area contributed by atoms with Crippen LogP contribution in [0.2, 0.25) is 0 Å². The second kappa shape index (κ2) is 67.5. The molecule has 90 heavy (non-hydrogen) atoms. The molecule has 1 aliphatic heterocycles. The molecule has 11 heteroatoms. The summed E-state index contributed by atoms with van der Waals surface area (Å²) in [6, 6.07) is -0.835. The highest BCUT2D eigenvalue weighted by Crippen LogP contribution is 2.23. The fraction of sp³-hybridized carbons (Fsp3) is 0.823. The van der Waals surface area contributed by atoms with Gasteiger partial charge in [-0.25, -0.2) is 0 Å². The number of esters is 1. The SMILES string of the molecule is CCCCC/C=C\CCCCCCCC(=O)OCCCCCCCCCCCCC/C=C\C/C=C\CCCCCCCCCCCCCCCCCCCC(=O)NC(COC1OC(CO)C(O)C(O)C1O)C(O)/C=C/CC/C=C/CC/C=C/CCCCCCC. The van der Waals surface area contributed by atoms with Gasteiger partial charge in [0.1, 0.15) is 24.4 Å². The molecule has 0 aromatic heterocycles. The zero-order valence-corrected chi connectivity index (χ0v) is 58.3. The van der Waals surface area contributed by atoms with E-state index in [1.54, 1.807) is 6.08 Å². The number of carbonyl (C=O) groups excluding carboxylic acids is 2. The molecule has 1 rings (SSSR count). The van der Waals surface area contributed by atoms with Gasteiger partial charge in [-0.1, -0.05) is 299 Å². The van der Waals surface area contributed by atoms with Gasteiger partial charge in [-0.05, 0) is 116 Å². The Kier molecular flexibility index (Phi) is 63.9. The zero-order chi connectivity index (χ0) is 65.1. The van der Waals surface area contributed by atoms with E-state index in [-0.39, 0.29) is 18.5 Å².